The highest BCUT2D eigenvalue weighted by molar-refractivity contribution is 5.78. The third-order valence-electron chi connectivity index (χ3n) is 5.73. The van der Waals surface area contributed by atoms with Gasteiger partial charge in [-0.3, -0.25) is 9.59 Å². The highest BCUT2D eigenvalue weighted by atomic mass is 16.5. The number of likely N-dealkylation sites (tertiary alicyclic amines) is 2. The first-order valence-electron chi connectivity index (χ1n) is 9.30. The lowest BCUT2D eigenvalue weighted by Crippen LogP contribution is -2.60. The van der Waals surface area contributed by atoms with Crippen molar-refractivity contribution in [2.75, 3.05) is 40.3 Å². The summed E-state index contributed by atoms with van der Waals surface area (Å²) in [5.74, 6) is 1.29. The van der Waals surface area contributed by atoms with E-state index in [1.54, 1.807) is 14.0 Å². The van der Waals surface area contributed by atoms with Crippen LogP contribution in [0, 0.1) is 5.92 Å². The molecule has 0 unspecified atom stereocenters. The number of nitrogens with zero attached hydrogens (tertiary/aromatic N) is 2. The Morgan fingerprint density at radius 2 is 2.00 bits per heavy atom. The first-order chi connectivity index (χ1) is 12.4. The minimum atomic E-state index is -0.256. The normalized spacial score (nSPS) is 25.7. The van der Waals surface area contributed by atoms with E-state index in [0.717, 1.165) is 43.8 Å². The molecule has 6 heteroatoms. The lowest BCUT2D eigenvalue weighted by molar-refractivity contribution is -0.131. The fourth-order valence-electron chi connectivity index (χ4n) is 4.29. The summed E-state index contributed by atoms with van der Waals surface area (Å²) >= 11 is 0. The number of amides is 2. The maximum atomic E-state index is 12.8. The smallest absolute Gasteiger partial charge is 0.222 e. The SMILES string of the molecule is COc1ccc(CCC(=O)N2C[C@H]3CN(C)CC[C@@]3(NC(C)=O)C2)cc1. The first kappa shape index (κ1) is 18.7. The van der Waals surface area contributed by atoms with Gasteiger partial charge in [-0.15, -0.1) is 0 Å². The molecule has 2 fully saturated rings. The largest absolute Gasteiger partial charge is 0.497 e. The molecule has 1 aromatic rings. The topological polar surface area (TPSA) is 61.9 Å². The van der Waals surface area contributed by atoms with Gasteiger partial charge in [0.2, 0.25) is 11.8 Å². The minimum absolute atomic E-state index is 0.00733. The van der Waals surface area contributed by atoms with Crippen LogP contribution in [0.1, 0.15) is 25.3 Å². The molecule has 2 atom stereocenters. The predicted octanol–water partition coefficient (Wildman–Crippen LogP) is 1.30. The van der Waals surface area contributed by atoms with E-state index >= 15 is 0 Å². The van der Waals surface area contributed by atoms with Crippen LogP contribution in [-0.2, 0) is 16.0 Å². The molecule has 2 aliphatic heterocycles. The van der Waals surface area contributed by atoms with Crippen molar-refractivity contribution in [3.63, 3.8) is 0 Å². The number of benzene rings is 1. The number of piperidine rings is 1. The van der Waals surface area contributed by atoms with Crippen molar-refractivity contribution in [2.24, 2.45) is 5.92 Å². The summed E-state index contributed by atoms with van der Waals surface area (Å²) in [5.41, 5.74) is 0.876. The molecule has 142 valence electrons. The summed E-state index contributed by atoms with van der Waals surface area (Å²) in [6, 6.07) is 7.85. The van der Waals surface area contributed by atoms with Gasteiger partial charge < -0.3 is 19.9 Å². The number of carbonyl (C=O) groups excluding carboxylic acids is 2. The van der Waals surface area contributed by atoms with Crippen molar-refractivity contribution in [1.29, 1.82) is 0 Å². The molecule has 0 aromatic heterocycles. The number of rotatable bonds is 5. The molecular formula is C20H29N3O3. The maximum Gasteiger partial charge on any atom is 0.222 e. The fraction of sp³-hybridized carbons (Fsp3) is 0.600. The molecule has 2 saturated heterocycles. The van der Waals surface area contributed by atoms with Crippen molar-refractivity contribution in [2.45, 2.75) is 31.7 Å². The molecule has 3 rings (SSSR count). The molecule has 0 aliphatic carbocycles. The summed E-state index contributed by atoms with van der Waals surface area (Å²) in [6.45, 7) is 4.80. The molecule has 2 amide bonds. The van der Waals surface area contributed by atoms with Gasteiger partial charge in [0.25, 0.3) is 0 Å². The Labute approximate surface area is 155 Å². The number of aryl methyl sites for hydroxylation is 1. The zero-order valence-electron chi connectivity index (χ0n) is 16.0. The van der Waals surface area contributed by atoms with E-state index in [0.29, 0.717) is 18.9 Å². The highest BCUT2D eigenvalue weighted by Crippen LogP contribution is 2.35. The number of methoxy groups -OCH3 is 1. The third-order valence-corrected chi connectivity index (χ3v) is 5.73. The van der Waals surface area contributed by atoms with Gasteiger partial charge in [0, 0.05) is 45.4 Å². The van der Waals surface area contributed by atoms with E-state index < -0.39 is 0 Å². The quantitative estimate of drug-likeness (QED) is 0.861. The molecule has 0 radical (unpaired) electrons. The van der Waals surface area contributed by atoms with Crippen LogP contribution in [0.5, 0.6) is 5.75 Å². The second-order valence-corrected chi connectivity index (χ2v) is 7.67. The average Bonchev–Trinajstić information content (AvgIpc) is 2.98. The van der Waals surface area contributed by atoms with Crippen molar-refractivity contribution < 1.29 is 14.3 Å². The van der Waals surface area contributed by atoms with E-state index in [1.807, 2.05) is 29.2 Å². The molecular weight excluding hydrogens is 330 g/mol. The van der Waals surface area contributed by atoms with Gasteiger partial charge in [0.1, 0.15) is 5.75 Å². The number of carbonyl (C=O) groups is 2. The monoisotopic (exact) mass is 359 g/mol. The average molecular weight is 359 g/mol. The Hall–Kier alpha value is -2.08. The minimum Gasteiger partial charge on any atom is -0.497 e. The summed E-state index contributed by atoms with van der Waals surface area (Å²) in [6.07, 6.45) is 2.11. The van der Waals surface area contributed by atoms with Crippen LogP contribution in [0.3, 0.4) is 0 Å². The van der Waals surface area contributed by atoms with E-state index in [1.165, 1.54) is 0 Å². The summed E-state index contributed by atoms with van der Waals surface area (Å²) < 4.78 is 5.17. The van der Waals surface area contributed by atoms with E-state index in [4.69, 9.17) is 4.74 Å². The Kier molecular flexibility index (Phi) is 5.51. The number of hydrogen-bond acceptors (Lipinski definition) is 4. The zero-order valence-corrected chi connectivity index (χ0v) is 16.0. The molecule has 0 bridgehead atoms. The Morgan fingerprint density at radius 1 is 1.27 bits per heavy atom. The third kappa shape index (κ3) is 4.01. The standard InChI is InChI=1S/C20H29N3O3/c1-15(24)21-20-10-11-22(2)12-17(20)13-23(14-20)19(25)9-6-16-4-7-18(26-3)8-5-16/h4-5,7-8,17H,6,9-14H2,1-3H3,(H,21,24)/t17-,20-/m1/s1. The maximum absolute atomic E-state index is 12.8. The fourth-order valence-corrected chi connectivity index (χ4v) is 4.29. The van der Waals surface area contributed by atoms with E-state index in [9.17, 15) is 9.59 Å². The highest BCUT2D eigenvalue weighted by Gasteiger charge is 2.50. The second-order valence-electron chi connectivity index (χ2n) is 7.67. The molecule has 0 saturated carbocycles. The zero-order chi connectivity index (χ0) is 18.7. The van der Waals surface area contributed by atoms with Crippen LogP contribution in [0.2, 0.25) is 0 Å². The predicted molar refractivity (Wildman–Crippen MR) is 100 cm³/mol. The second kappa shape index (κ2) is 7.66. The molecule has 2 aliphatic rings. The van der Waals surface area contributed by atoms with Gasteiger partial charge in [-0.25, -0.2) is 0 Å². The molecule has 6 nitrogen and oxygen atoms in total. The van der Waals surface area contributed by atoms with Crippen LogP contribution in [0.4, 0.5) is 0 Å². The van der Waals surface area contributed by atoms with E-state index in [-0.39, 0.29) is 17.4 Å². The molecule has 2 heterocycles. The number of nitrogens with one attached hydrogen (secondary N) is 1. The Bertz CT molecular complexity index is 661. The Balaban J connectivity index is 1.61. The summed E-state index contributed by atoms with van der Waals surface area (Å²) in [4.78, 5) is 28.7. The van der Waals surface area contributed by atoms with Gasteiger partial charge in [0.05, 0.1) is 12.6 Å². The van der Waals surface area contributed by atoms with Crippen molar-refractivity contribution in [3.8, 4) is 5.75 Å². The summed E-state index contributed by atoms with van der Waals surface area (Å²) in [5, 5.41) is 3.18. The van der Waals surface area contributed by atoms with Gasteiger partial charge in [0.15, 0.2) is 0 Å². The van der Waals surface area contributed by atoms with Gasteiger partial charge in [-0.05, 0) is 37.6 Å². The van der Waals surface area contributed by atoms with Crippen LogP contribution in [0.15, 0.2) is 24.3 Å². The Morgan fingerprint density at radius 3 is 2.65 bits per heavy atom. The number of hydrogen-bond donors (Lipinski definition) is 1. The number of fused-ring (bicyclic) bond motifs is 1. The lowest BCUT2D eigenvalue weighted by Gasteiger charge is -2.42. The van der Waals surface area contributed by atoms with Crippen molar-refractivity contribution in [3.05, 3.63) is 29.8 Å². The van der Waals surface area contributed by atoms with Crippen molar-refractivity contribution in [1.82, 2.24) is 15.1 Å². The number of ether oxygens (including phenoxy) is 1. The lowest BCUT2D eigenvalue weighted by atomic mass is 9.80. The van der Waals surface area contributed by atoms with E-state index in [2.05, 4.69) is 17.3 Å². The summed E-state index contributed by atoms with van der Waals surface area (Å²) in [7, 11) is 3.75. The van der Waals surface area contributed by atoms with Gasteiger partial charge in [-0.2, -0.15) is 0 Å². The molecule has 1 aromatic carbocycles. The molecule has 26 heavy (non-hydrogen) atoms. The van der Waals surface area contributed by atoms with Crippen LogP contribution < -0.4 is 10.1 Å². The van der Waals surface area contributed by atoms with Crippen LogP contribution in [0.25, 0.3) is 0 Å². The van der Waals surface area contributed by atoms with Gasteiger partial charge in [-0.1, -0.05) is 12.1 Å². The molecule has 1 N–H and O–H groups in total. The van der Waals surface area contributed by atoms with Crippen LogP contribution in [-0.4, -0.2) is 67.5 Å². The van der Waals surface area contributed by atoms with Crippen molar-refractivity contribution >= 4 is 11.8 Å². The van der Waals surface area contributed by atoms with Crippen LogP contribution >= 0.6 is 0 Å². The first-order valence-corrected chi connectivity index (χ1v) is 9.30. The molecule has 0 spiro atoms. The van der Waals surface area contributed by atoms with Gasteiger partial charge >= 0.3 is 0 Å².